The van der Waals surface area contributed by atoms with E-state index in [1.54, 1.807) is 6.92 Å². The molecular weight excluding hydrogens is 324 g/mol. The topological polar surface area (TPSA) is 89.8 Å². The van der Waals surface area contributed by atoms with E-state index in [1.807, 2.05) is 4.90 Å². The van der Waals surface area contributed by atoms with Crippen LogP contribution in [0.1, 0.15) is 66.2 Å². The Bertz CT molecular complexity index is 693. The highest BCUT2D eigenvalue weighted by Gasteiger charge is 2.39. The molecule has 2 aliphatic carbocycles. The van der Waals surface area contributed by atoms with Gasteiger partial charge in [0.1, 0.15) is 0 Å². The zero-order valence-electron chi connectivity index (χ0n) is 14.3. The van der Waals surface area contributed by atoms with Gasteiger partial charge in [0, 0.05) is 29.8 Å². The summed E-state index contributed by atoms with van der Waals surface area (Å²) in [7, 11) is 0. The summed E-state index contributed by atoms with van der Waals surface area (Å²) in [5, 5.41) is 11.2. The van der Waals surface area contributed by atoms with Crippen LogP contribution in [0.15, 0.2) is 18.2 Å². The van der Waals surface area contributed by atoms with Crippen molar-refractivity contribution in [1.29, 1.82) is 0 Å². The maximum atomic E-state index is 13.1. The number of carbonyl (C=O) groups is 2. The third-order valence-corrected chi connectivity index (χ3v) is 4.78. The Hall–Kier alpha value is -2.44. The molecule has 0 bridgehead atoms. The molecule has 2 saturated carbocycles. The number of nitrogens with zero attached hydrogens (tertiary/aromatic N) is 2. The summed E-state index contributed by atoms with van der Waals surface area (Å²) >= 11 is 0. The van der Waals surface area contributed by atoms with Gasteiger partial charge in [0.25, 0.3) is 11.6 Å². The van der Waals surface area contributed by atoms with E-state index in [0.29, 0.717) is 0 Å². The van der Waals surface area contributed by atoms with Gasteiger partial charge < -0.3 is 9.64 Å². The molecule has 0 atom stereocenters. The second-order valence-corrected chi connectivity index (χ2v) is 6.63. The molecular formula is C18H22N2O5. The van der Waals surface area contributed by atoms with Crippen molar-refractivity contribution >= 4 is 17.6 Å². The summed E-state index contributed by atoms with van der Waals surface area (Å²) in [5.74, 6) is -0.872. The minimum atomic E-state index is -0.654. The molecule has 0 N–H and O–H groups in total. The molecule has 0 aliphatic heterocycles. The van der Waals surface area contributed by atoms with E-state index in [4.69, 9.17) is 4.74 Å². The molecule has 1 amide bonds. The molecule has 25 heavy (non-hydrogen) atoms. The van der Waals surface area contributed by atoms with Crippen molar-refractivity contribution in [3.05, 3.63) is 39.4 Å². The first-order valence-electron chi connectivity index (χ1n) is 8.80. The second-order valence-electron chi connectivity index (χ2n) is 6.63. The first kappa shape index (κ1) is 17.4. The molecule has 1 aromatic carbocycles. The van der Waals surface area contributed by atoms with Crippen LogP contribution < -0.4 is 0 Å². The number of esters is 1. The minimum Gasteiger partial charge on any atom is -0.462 e. The summed E-state index contributed by atoms with van der Waals surface area (Å²) in [4.78, 5) is 37.6. The van der Waals surface area contributed by atoms with Crippen molar-refractivity contribution in [3.8, 4) is 0 Å². The second kappa shape index (κ2) is 7.21. The number of hydrogen-bond donors (Lipinski definition) is 0. The number of rotatable bonds is 6. The van der Waals surface area contributed by atoms with Crippen LogP contribution in [0, 0.1) is 10.1 Å². The van der Waals surface area contributed by atoms with E-state index in [0.717, 1.165) is 44.6 Å². The highest BCUT2D eigenvalue weighted by Crippen LogP contribution is 2.36. The van der Waals surface area contributed by atoms with E-state index in [1.165, 1.54) is 12.1 Å². The van der Waals surface area contributed by atoms with Crippen molar-refractivity contribution < 1.29 is 19.2 Å². The third-order valence-electron chi connectivity index (χ3n) is 4.78. The lowest BCUT2D eigenvalue weighted by Crippen LogP contribution is -2.40. The average Bonchev–Trinajstić information content (AvgIpc) is 3.28. The Kier molecular flexibility index (Phi) is 5.01. The van der Waals surface area contributed by atoms with E-state index in [-0.39, 0.29) is 41.4 Å². The van der Waals surface area contributed by atoms with Crippen molar-refractivity contribution in [2.75, 3.05) is 6.61 Å². The quantitative estimate of drug-likeness (QED) is 0.448. The Labute approximate surface area is 146 Å². The summed E-state index contributed by atoms with van der Waals surface area (Å²) in [6, 6.07) is 4.25. The number of hydrogen-bond acceptors (Lipinski definition) is 5. The fraction of sp³-hybridized carbons (Fsp3) is 0.556. The molecule has 0 radical (unpaired) electrons. The van der Waals surface area contributed by atoms with Crippen LogP contribution in [0.3, 0.4) is 0 Å². The SMILES string of the molecule is CCOC(=O)c1cc(C(=O)N(C2CCCC2)C2CC2)cc([N+](=O)[O-])c1. The van der Waals surface area contributed by atoms with Gasteiger partial charge in [-0.25, -0.2) is 4.79 Å². The molecule has 0 unspecified atom stereocenters. The molecule has 0 spiro atoms. The van der Waals surface area contributed by atoms with Crippen molar-refractivity contribution in [1.82, 2.24) is 4.90 Å². The predicted octanol–water partition coefficient (Wildman–Crippen LogP) is 3.32. The van der Waals surface area contributed by atoms with Crippen LogP contribution in [-0.2, 0) is 4.74 Å². The zero-order valence-corrected chi connectivity index (χ0v) is 14.3. The molecule has 2 aliphatic rings. The van der Waals surface area contributed by atoms with Crippen molar-refractivity contribution in [2.45, 2.75) is 57.5 Å². The van der Waals surface area contributed by atoms with E-state index < -0.39 is 10.9 Å². The number of benzene rings is 1. The van der Waals surface area contributed by atoms with Gasteiger partial charge in [0.15, 0.2) is 0 Å². The smallest absolute Gasteiger partial charge is 0.338 e. The number of nitro groups is 1. The van der Waals surface area contributed by atoms with Gasteiger partial charge >= 0.3 is 5.97 Å². The number of non-ortho nitro benzene ring substituents is 1. The van der Waals surface area contributed by atoms with Crippen LogP contribution in [0.5, 0.6) is 0 Å². The Morgan fingerprint density at radius 3 is 2.28 bits per heavy atom. The largest absolute Gasteiger partial charge is 0.462 e. The first-order valence-corrected chi connectivity index (χ1v) is 8.80. The summed E-state index contributed by atoms with van der Waals surface area (Å²) < 4.78 is 4.93. The Balaban J connectivity index is 1.94. The highest BCUT2D eigenvalue weighted by atomic mass is 16.6. The van der Waals surface area contributed by atoms with Gasteiger partial charge in [0.05, 0.1) is 17.1 Å². The summed E-state index contributed by atoms with van der Waals surface area (Å²) in [6.45, 7) is 1.83. The van der Waals surface area contributed by atoms with Crippen LogP contribution in [0.25, 0.3) is 0 Å². The molecule has 0 saturated heterocycles. The first-order chi connectivity index (χ1) is 12.0. The van der Waals surface area contributed by atoms with Crippen molar-refractivity contribution in [3.63, 3.8) is 0 Å². The Morgan fingerprint density at radius 2 is 1.72 bits per heavy atom. The molecule has 7 nitrogen and oxygen atoms in total. The van der Waals surface area contributed by atoms with E-state index >= 15 is 0 Å². The molecule has 7 heteroatoms. The number of carbonyl (C=O) groups excluding carboxylic acids is 2. The summed E-state index contributed by atoms with van der Waals surface area (Å²) in [5.41, 5.74) is -0.0336. The van der Waals surface area contributed by atoms with Crippen molar-refractivity contribution in [2.24, 2.45) is 0 Å². The fourth-order valence-electron chi connectivity index (χ4n) is 3.49. The van der Waals surface area contributed by atoms with E-state index in [9.17, 15) is 19.7 Å². The van der Waals surface area contributed by atoms with Crippen LogP contribution in [-0.4, -0.2) is 40.4 Å². The number of ether oxygens (including phenoxy) is 1. The van der Waals surface area contributed by atoms with Gasteiger partial charge in [-0.05, 0) is 38.7 Å². The standard InChI is InChI=1S/C18H22N2O5/c1-2-25-18(22)13-9-12(10-16(11-13)20(23)24)17(21)19(15-7-8-15)14-5-3-4-6-14/h9-11,14-15H,2-8H2,1H3. The van der Waals surface area contributed by atoms with Gasteiger partial charge in [-0.15, -0.1) is 0 Å². The lowest BCUT2D eigenvalue weighted by molar-refractivity contribution is -0.384. The minimum absolute atomic E-state index is 0.0431. The van der Waals surface area contributed by atoms with Gasteiger partial charge in [-0.1, -0.05) is 12.8 Å². The van der Waals surface area contributed by atoms with Crippen LogP contribution >= 0.6 is 0 Å². The molecule has 0 heterocycles. The predicted molar refractivity (Wildman–Crippen MR) is 90.5 cm³/mol. The molecule has 0 aromatic heterocycles. The monoisotopic (exact) mass is 346 g/mol. The maximum Gasteiger partial charge on any atom is 0.338 e. The average molecular weight is 346 g/mol. The summed E-state index contributed by atoms with van der Waals surface area (Å²) in [6.07, 6.45) is 6.10. The van der Waals surface area contributed by atoms with Gasteiger partial charge in [-0.2, -0.15) is 0 Å². The van der Waals surface area contributed by atoms with E-state index in [2.05, 4.69) is 0 Å². The van der Waals surface area contributed by atoms with Gasteiger partial charge in [-0.3, -0.25) is 14.9 Å². The highest BCUT2D eigenvalue weighted by molar-refractivity contribution is 5.99. The lowest BCUT2D eigenvalue weighted by Gasteiger charge is -2.29. The van der Waals surface area contributed by atoms with Crippen LogP contribution in [0.2, 0.25) is 0 Å². The Morgan fingerprint density at radius 1 is 1.12 bits per heavy atom. The molecule has 2 fully saturated rings. The van der Waals surface area contributed by atoms with Gasteiger partial charge in [0.2, 0.25) is 0 Å². The molecule has 3 rings (SSSR count). The molecule has 134 valence electrons. The number of amides is 1. The number of nitro benzene ring substituents is 1. The lowest BCUT2D eigenvalue weighted by atomic mass is 10.1. The fourth-order valence-corrected chi connectivity index (χ4v) is 3.49. The maximum absolute atomic E-state index is 13.1. The van der Waals surface area contributed by atoms with Crippen LogP contribution in [0.4, 0.5) is 5.69 Å². The molecule has 1 aromatic rings. The normalized spacial score (nSPS) is 17.3. The zero-order chi connectivity index (χ0) is 18.0. The third kappa shape index (κ3) is 3.81.